The zero-order valence-electron chi connectivity index (χ0n) is 9.86. The van der Waals surface area contributed by atoms with Crippen LogP contribution in [0.3, 0.4) is 0 Å². The molecule has 2 atom stereocenters. The molecule has 0 bridgehead atoms. The quantitative estimate of drug-likeness (QED) is 0.799. The normalized spacial score (nSPS) is 29.4. The molecule has 1 fully saturated rings. The van der Waals surface area contributed by atoms with Gasteiger partial charge < -0.3 is 15.6 Å². The monoisotopic (exact) mass is 221 g/mol. The summed E-state index contributed by atoms with van der Waals surface area (Å²) in [5, 5.41) is 10.6. The molecule has 0 aliphatic heterocycles. The number of ether oxygens (including phenoxy) is 1. The molecule has 2 rings (SSSR count). The molecular weight excluding hydrogens is 202 g/mol. The third kappa shape index (κ3) is 1.93. The molecule has 0 spiro atoms. The van der Waals surface area contributed by atoms with Crippen LogP contribution in [0, 0.1) is 6.92 Å². The lowest BCUT2D eigenvalue weighted by Gasteiger charge is -2.25. The highest BCUT2D eigenvalue weighted by Gasteiger charge is 2.39. The molecule has 0 saturated heterocycles. The third-order valence-corrected chi connectivity index (χ3v) is 3.38. The topological polar surface area (TPSA) is 55.5 Å². The number of aryl methyl sites for hydroxylation is 1. The van der Waals surface area contributed by atoms with Crippen molar-refractivity contribution >= 4 is 0 Å². The van der Waals surface area contributed by atoms with Gasteiger partial charge in [-0.25, -0.2) is 0 Å². The maximum Gasteiger partial charge on any atom is 0.124 e. The summed E-state index contributed by atoms with van der Waals surface area (Å²) in [7, 11) is 1.63. The van der Waals surface area contributed by atoms with Crippen LogP contribution in [0.25, 0.3) is 0 Å². The van der Waals surface area contributed by atoms with Crippen LogP contribution in [-0.2, 0) is 5.60 Å². The van der Waals surface area contributed by atoms with Crippen molar-refractivity contribution in [2.45, 2.75) is 37.8 Å². The van der Waals surface area contributed by atoms with Crippen LogP contribution in [0.1, 0.15) is 30.4 Å². The van der Waals surface area contributed by atoms with E-state index < -0.39 is 5.60 Å². The molecule has 2 unspecified atom stereocenters. The second-order valence-electron chi connectivity index (χ2n) is 4.74. The Bertz CT molecular complexity index is 392. The van der Waals surface area contributed by atoms with Crippen LogP contribution < -0.4 is 10.5 Å². The van der Waals surface area contributed by atoms with E-state index in [0.717, 1.165) is 23.3 Å². The van der Waals surface area contributed by atoms with E-state index in [9.17, 15) is 5.11 Å². The lowest BCUT2D eigenvalue weighted by Crippen LogP contribution is -2.26. The predicted molar refractivity (Wildman–Crippen MR) is 63.5 cm³/mol. The number of benzene rings is 1. The standard InChI is InChI=1S/C13H19NO2/c1-9-3-4-12(16-2)11(7-9)13(15)6-5-10(14)8-13/h3-4,7,10,15H,5-6,8,14H2,1-2H3. The van der Waals surface area contributed by atoms with Gasteiger partial charge in [-0.05, 0) is 38.3 Å². The van der Waals surface area contributed by atoms with Gasteiger partial charge in [-0.3, -0.25) is 0 Å². The van der Waals surface area contributed by atoms with E-state index in [-0.39, 0.29) is 6.04 Å². The summed E-state index contributed by atoms with van der Waals surface area (Å²) in [6.45, 7) is 2.02. The molecule has 1 aromatic carbocycles. The average Bonchev–Trinajstić information content (AvgIpc) is 2.60. The zero-order chi connectivity index (χ0) is 11.8. The number of rotatable bonds is 2. The molecule has 3 heteroatoms. The van der Waals surface area contributed by atoms with Crippen LogP contribution >= 0.6 is 0 Å². The Hall–Kier alpha value is -1.06. The summed E-state index contributed by atoms with van der Waals surface area (Å²) >= 11 is 0. The smallest absolute Gasteiger partial charge is 0.124 e. The van der Waals surface area contributed by atoms with Crippen molar-refractivity contribution in [2.75, 3.05) is 7.11 Å². The Labute approximate surface area is 96.2 Å². The van der Waals surface area contributed by atoms with Crippen molar-refractivity contribution in [2.24, 2.45) is 5.73 Å². The van der Waals surface area contributed by atoms with E-state index in [1.165, 1.54) is 0 Å². The molecule has 88 valence electrons. The van der Waals surface area contributed by atoms with Gasteiger partial charge in [0.2, 0.25) is 0 Å². The highest BCUT2D eigenvalue weighted by Crippen LogP contribution is 2.42. The second-order valence-corrected chi connectivity index (χ2v) is 4.74. The van der Waals surface area contributed by atoms with E-state index in [4.69, 9.17) is 10.5 Å². The largest absolute Gasteiger partial charge is 0.496 e. The fourth-order valence-electron chi connectivity index (χ4n) is 2.49. The number of aliphatic hydroxyl groups is 1. The number of hydrogen-bond acceptors (Lipinski definition) is 3. The molecule has 3 N–H and O–H groups in total. The van der Waals surface area contributed by atoms with Crippen LogP contribution in [-0.4, -0.2) is 18.3 Å². The molecule has 3 nitrogen and oxygen atoms in total. The van der Waals surface area contributed by atoms with E-state index in [1.807, 2.05) is 25.1 Å². The van der Waals surface area contributed by atoms with Crippen LogP contribution in [0.15, 0.2) is 18.2 Å². The van der Waals surface area contributed by atoms with Gasteiger partial charge in [0.05, 0.1) is 12.7 Å². The van der Waals surface area contributed by atoms with Crippen LogP contribution in [0.2, 0.25) is 0 Å². The second kappa shape index (κ2) is 4.07. The van der Waals surface area contributed by atoms with Crippen molar-refractivity contribution in [3.8, 4) is 5.75 Å². The van der Waals surface area contributed by atoms with Gasteiger partial charge in [-0.1, -0.05) is 11.6 Å². The fourth-order valence-corrected chi connectivity index (χ4v) is 2.49. The predicted octanol–water partition coefficient (Wildman–Crippen LogP) is 1.70. The van der Waals surface area contributed by atoms with Crippen LogP contribution in [0.5, 0.6) is 5.75 Å². The molecule has 0 heterocycles. The van der Waals surface area contributed by atoms with E-state index in [2.05, 4.69) is 0 Å². The maximum atomic E-state index is 10.6. The fraction of sp³-hybridized carbons (Fsp3) is 0.538. The van der Waals surface area contributed by atoms with Gasteiger partial charge in [0.1, 0.15) is 5.75 Å². The van der Waals surface area contributed by atoms with E-state index in [0.29, 0.717) is 12.8 Å². The summed E-state index contributed by atoms with van der Waals surface area (Å²) in [6, 6.07) is 5.99. The molecular formula is C13H19NO2. The highest BCUT2D eigenvalue weighted by molar-refractivity contribution is 5.41. The Morgan fingerprint density at radius 1 is 1.50 bits per heavy atom. The van der Waals surface area contributed by atoms with E-state index in [1.54, 1.807) is 7.11 Å². The molecule has 1 aromatic rings. The lowest BCUT2D eigenvalue weighted by molar-refractivity contribution is 0.0405. The molecule has 1 saturated carbocycles. The molecule has 16 heavy (non-hydrogen) atoms. The van der Waals surface area contributed by atoms with Crippen LogP contribution in [0.4, 0.5) is 0 Å². The van der Waals surface area contributed by atoms with Crippen molar-refractivity contribution in [1.29, 1.82) is 0 Å². The van der Waals surface area contributed by atoms with Gasteiger partial charge in [0.15, 0.2) is 0 Å². The summed E-state index contributed by atoms with van der Waals surface area (Å²) in [5.74, 6) is 0.752. The number of hydrogen-bond donors (Lipinski definition) is 2. The summed E-state index contributed by atoms with van der Waals surface area (Å²) < 4.78 is 5.31. The number of nitrogens with two attached hydrogens (primary N) is 1. The SMILES string of the molecule is COc1ccc(C)cc1C1(O)CCC(N)C1. The van der Waals surface area contributed by atoms with Crippen molar-refractivity contribution in [3.63, 3.8) is 0 Å². The Kier molecular flexibility index (Phi) is 2.91. The van der Waals surface area contributed by atoms with Gasteiger partial charge in [0, 0.05) is 11.6 Å². The van der Waals surface area contributed by atoms with Crippen molar-refractivity contribution in [1.82, 2.24) is 0 Å². The first-order valence-corrected chi connectivity index (χ1v) is 5.68. The van der Waals surface area contributed by atoms with Crippen molar-refractivity contribution < 1.29 is 9.84 Å². The summed E-state index contributed by atoms with van der Waals surface area (Å²) in [6.07, 6.45) is 2.20. The van der Waals surface area contributed by atoms with Gasteiger partial charge >= 0.3 is 0 Å². The molecule has 1 aliphatic rings. The first-order chi connectivity index (χ1) is 7.55. The van der Waals surface area contributed by atoms with Crippen molar-refractivity contribution in [3.05, 3.63) is 29.3 Å². The first-order valence-electron chi connectivity index (χ1n) is 5.68. The molecule has 0 radical (unpaired) electrons. The lowest BCUT2D eigenvalue weighted by atomic mass is 9.90. The van der Waals surface area contributed by atoms with E-state index >= 15 is 0 Å². The summed E-state index contributed by atoms with van der Waals surface area (Å²) in [4.78, 5) is 0. The minimum Gasteiger partial charge on any atom is -0.496 e. The Morgan fingerprint density at radius 3 is 2.81 bits per heavy atom. The maximum absolute atomic E-state index is 10.6. The minimum absolute atomic E-state index is 0.0928. The van der Waals surface area contributed by atoms with Gasteiger partial charge in [-0.15, -0.1) is 0 Å². The summed E-state index contributed by atoms with van der Waals surface area (Å²) in [5.41, 5.74) is 7.07. The Morgan fingerprint density at radius 2 is 2.25 bits per heavy atom. The molecule has 0 aromatic heterocycles. The minimum atomic E-state index is -0.809. The molecule has 1 aliphatic carbocycles. The highest BCUT2D eigenvalue weighted by atomic mass is 16.5. The molecule has 0 amide bonds. The zero-order valence-corrected chi connectivity index (χ0v) is 9.86. The average molecular weight is 221 g/mol. The number of methoxy groups -OCH3 is 1. The first kappa shape index (κ1) is 11.4. The third-order valence-electron chi connectivity index (χ3n) is 3.38. The van der Waals surface area contributed by atoms with Gasteiger partial charge in [-0.2, -0.15) is 0 Å². The Balaban J connectivity index is 2.42. The van der Waals surface area contributed by atoms with Gasteiger partial charge in [0.25, 0.3) is 0 Å².